The first kappa shape index (κ1) is 22.4. The van der Waals surface area contributed by atoms with E-state index in [0.29, 0.717) is 11.3 Å². The Kier molecular flexibility index (Phi) is 9.89. The van der Waals surface area contributed by atoms with Gasteiger partial charge in [-0.1, -0.05) is 26.0 Å². The molecule has 2 rings (SSSR count). The topological polar surface area (TPSA) is 49.3 Å². The van der Waals surface area contributed by atoms with Crippen LogP contribution < -0.4 is 5.32 Å². The Morgan fingerprint density at radius 1 is 1.00 bits per heavy atom. The van der Waals surface area contributed by atoms with Gasteiger partial charge in [0.2, 0.25) is 0 Å². The van der Waals surface area contributed by atoms with Gasteiger partial charge in [-0.05, 0) is 42.0 Å². The number of alkyl halides is 3. The Balaban J connectivity index is 0.00000134. The zero-order chi connectivity index (χ0) is 19.5. The number of nitrogens with one attached hydrogen (secondary N) is 1. The third kappa shape index (κ3) is 7.22. The second kappa shape index (κ2) is 11.0. The average Bonchev–Trinajstić information content (AvgIpc) is 2.65. The van der Waals surface area contributed by atoms with Crippen molar-refractivity contribution in [2.24, 2.45) is 0 Å². The van der Waals surface area contributed by atoms with Gasteiger partial charge in [-0.2, -0.15) is 13.2 Å². The molecule has 25 heavy (non-hydrogen) atoms. The summed E-state index contributed by atoms with van der Waals surface area (Å²) in [6.07, 6.45) is -4.42. The lowest BCUT2D eigenvalue weighted by atomic mass is 10.1. The van der Waals surface area contributed by atoms with Crippen molar-refractivity contribution >= 4 is 11.6 Å². The highest BCUT2D eigenvalue weighted by Crippen LogP contribution is 2.29. The highest BCUT2D eigenvalue weighted by molar-refractivity contribution is 6.04. The van der Waals surface area contributed by atoms with Gasteiger partial charge in [0, 0.05) is 11.3 Å². The Morgan fingerprint density at radius 2 is 1.48 bits per heavy atom. The normalized spacial score (nSPS) is 9.84. The van der Waals surface area contributed by atoms with E-state index in [4.69, 9.17) is 5.11 Å². The number of aliphatic hydroxyl groups excluding tert-OH is 1. The third-order valence-electron chi connectivity index (χ3n) is 2.87. The second-order valence-electron chi connectivity index (χ2n) is 4.38. The van der Waals surface area contributed by atoms with E-state index in [1.807, 2.05) is 13.8 Å². The highest BCUT2D eigenvalue weighted by Gasteiger charge is 2.30. The van der Waals surface area contributed by atoms with E-state index in [1.54, 1.807) is 24.3 Å². The molecule has 0 heterocycles. The molecule has 0 bridgehead atoms. The lowest BCUT2D eigenvalue weighted by Crippen LogP contribution is -2.12. The minimum absolute atomic E-state index is 0.104. The Bertz CT molecular complexity index is 635. The van der Waals surface area contributed by atoms with Crippen LogP contribution in [0.4, 0.5) is 18.9 Å². The maximum absolute atomic E-state index is 12.4. The molecule has 3 nitrogen and oxygen atoms in total. The van der Waals surface area contributed by atoms with E-state index in [1.165, 1.54) is 0 Å². The predicted octanol–water partition coefficient (Wildman–Crippen LogP) is 5.28. The quantitative estimate of drug-likeness (QED) is 0.738. The van der Waals surface area contributed by atoms with Crippen molar-refractivity contribution in [1.82, 2.24) is 0 Å². The molecule has 2 aromatic rings. The number of amides is 1. The minimum atomic E-state index is -4.42. The molecule has 2 N–H and O–H groups in total. The standard InChI is InChI=1S/C15H12F3NO2.C2H6.C2H4/c16-15(17,18)12-5-3-11(4-6-12)14(21)19-13-7-1-10(9-20)2-8-13;2*1-2/h1-8,20H,9H2,(H,19,21);1-2H3;1-2H2. The summed E-state index contributed by atoms with van der Waals surface area (Å²) in [5.41, 5.74) is 0.528. The zero-order valence-corrected chi connectivity index (χ0v) is 14.2. The van der Waals surface area contributed by atoms with Crippen molar-refractivity contribution in [3.05, 3.63) is 78.4 Å². The number of carbonyl (C=O) groups is 1. The van der Waals surface area contributed by atoms with Gasteiger partial charge in [0.25, 0.3) is 5.91 Å². The largest absolute Gasteiger partial charge is 0.416 e. The molecule has 0 radical (unpaired) electrons. The van der Waals surface area contributed by atoms with Crippen molar-refractivity contribution in [2.75, 3.05) is 5.32 Å². The van der Waals surface area contributed by atoms with Gasteiger partial charge in [0.15, 0.2) is 0 Å². The fourth-order valence-corrected chi connectivity index (χ4v) is 1.71. The molecule has 6 heteroatoms. The lowest BCUT2D eigenvalue weighted by Gasteiger charge is -2.08. The molecule has 0 aliphatic rings. The van der Waals surface area contributed by atoms with Crippen molar-refractivity contribution in [3.8, 4) is 0 Å². The van der Waals surface area contributed by atoms with Gasteiger partial charge in [0.1, 0.15) is 0 Å². The molecule has 1 amide bonds. The summed E-state index contributed by atoms with van der Waals surface area (Å²) in [6, 6.07) is 10.5. The maximum Gasteiger partial charge on any atom is 0.416 e. The van der Waals surface area contributed by atoms with Crippen LogP contribution in [0.1, 0.15) is 35.3 Å². The first-order chi connectivity index (χ1) is 11.9. The summed E-state index contributed by atoms with van der Waals surface area (Å²) >= 11 is 0. The van der Waals surface area contributed by atoms with Crippen LogP contribution in [0.15, 0.2) is 61.7 Å². The molecule has 0 aromatic heterocycles. The number of halogens is 3. The zero-order valence-electron chi connectivity index (χ0n) is 14.2. The molecule has 0 fully saturated rings. The number of aliphatic hydroxyl groups is 1. The first-order valence-corrected chi connectivity index (χ1v) is 7.58. The number of rotatable bonds is 3. The van der Waals surface area contributed by atoms with Gasteiger partial charge < -0.3 is 10.4 Å². The van der Waals surface area contributed by atoms with Crippen LogP contribution in [0.3, 0.4) is 0 Å². The van der Waals surface area contributed by atoms with Crippen molar-refractivity contribution in [2.45, 2.75) is 26.6 Å². The van der Waals surface area contributed by atoms with E-state index >= 15 is 0 Å². The monoisotopic (exact) mass is 353 g/mol. The summed E-state index contributed by atoms with van der Waals surface area (Å²) in [5.74, 6) is -0.500. The van der Waals surface area contributed by atoms with Gasteiger partial charge in [-0.15, -0.1) is 13.2 Å². The Hall–Kier alpha value is -2.60. The fourth-order valence-electron chi connectivity index (χ4n) is 1.71. The summed E-state index contributed by atoms with van der Waals surface area (Å²) < 4.78 is 37.3. The van der Waals surface area contributed by atoms with Crippen LogP contribution in [-0.2, 0) is 12.8 Å². The minimum Gasteiger partial charge on any atom is -0.392 e. The summed E-state index contributed by atoms with van der Waals surface area (Å²) in [4.78, 5) is 11.9. The third-order valence-corrected chi connectivity index (χ3v) is 2.87. The summed E-state index contributed by atoms with van der Waals surface area (Å²) in [7, 11) is 0. The molecular weight excluding hydrogens is 331 g/mol. The van der Waals surface area contributed by atoms with Gasteiger partial charge >= 0.3 is 6.18 Å². The van der Waals surface area contributed by atoms with Crippen molar-refractivity contribution in [1.29, 1.82) is 0 Å². The molecule has 0 aliphatic heterocycles. The predicted molar refractivity (Wildman–Crippen MR) is 94.4 cm³/mol. The second-order valence-corrected chi connectivity index (χ2v) is 4.38. The molecule has 0 spiro atoms. The van der Waals surface area contributed by atoms with Crippen LogP contribution in [0.25, 0.3) is 0 Å². The number of carbonyl (C=O) groups excluding carboxylic acids is 1. The molecule has 0 saturated carbocycles. The van der Waals surface area contributed by atoms with Gasteiger partial charge in [-0.25, -0.2) is 0 Å². The number of anilines is 1. The van der Waals surface area contributed by atoms with E-state index < -0.39 is 17.6 Å². The summed E-state index contributed by atoms with van der Waals surface area (Å²) in [5, 5.41) is 11.5. The molecule has 0 unspecified atom stereocenters. The van der Waals surface area contributed by atoms with E-state index in [-0.39, 0.29) is 12.2 Å². The van der Waals surface area contributed by atoms with Gasteiger partial charge in [0.05, 0.1) is 12.2 Å². The average molecular weight is 353 g/mol. The van der Waals surface area contributed by atoms with Crippen LogP contribution in [-0.4, -0.2) is 11.0 Å². The van der Waals surface area contributed by atoms with Crippen LogP contribution in [0, 0.1) is 0 Å². The molecule has 0 atom stereocenters. The molecule has 2 aromatic carbocycles. The smallest absolute Gasteiger partial charge is 0.392 e. The number of hydrogen-bond acceptors (Lipinski definition) is 2. The molecule has 0 saturated heterocycles. The van der Waals surface area contributed by atoms with E-state index in [2.05, 4.69) is 18.5 Å². The van der Waals surface area contributed by atoms with Crippen molar-refractivity contribution in [3.63, 3.8) is 0 Å². The van der Waals surface area contributed by atoms with Gasteiger partial charge in [-0.3, -0.25) is 4.79 Å². The number of benzene rings is 2. The van der Waals surface area contributed by atoms with Crippen LogP contribution in [0.2, 0.25) is 0 Å². The fraction of sp³-hybridized carbons (Fsp3) is 0.211. The summed E-state index contributed by atoms with van der Waals surface area (Å²) in [6.45, 7) is 9.90. The Labute approximate surface area is 145 Å². The number of hydrogen-bond donors (Lipinski definition) is 2. The van der Waals surface area contributed by atoms with Crippen LogP contribution in [0.5, 0.6) is 0 Å². The lowest BCUT2D eigenvalue weighted by molar-refractivity contribution is -0.137. The first-order valence-electron chi connectivity index (χ1n) is 7.58. The highest BCUT2D eigenvalue weighted by atomic mass is 19.4. The Morgan fingerprint density at radius 3 is 1.88 bits per heavy atom. The maximum atomic E-state index is 12.4. The molecule has 136 valence electrons. The molecule has 0 aliphatic carbocycles. The van der Waals surface area contributed by atoms with Crippen molar-refractivity contribution < 1.29 is 23.1 Å². The SMILES string of the molecule is C=C.CC.O=C(Nc1ccc(CO)cc1)c1ccc(C(F)(F)F)cc1. The van der Waals surface area contributed by atoms with E-state index in [0.717, 1.165) is 24.3 Å². The van der Waals surface area contributed by atoms with E-state index in [9.17, 15) is 18.0 Å². The molecular formula is C19H22F3NO2. The van der Waals surface area contributed by atoms with Crippen LogP contribution >= 0.6 is 0 Å².